The summed E-state index contributed by atoms with van der Waals surface area (Å²) in [6.45, 7) is 1.89. The normalized spacial score (nSPS) is 19.6. The number of hydrogen-bond donors (Lipinski definition) is 0. The lowest BCUT2D eigenvalue weighted by Crippen LogP contribution is -2.07. The molecule has 4 heteroatoms. The summed E-state index contributed by atoms with van der Waals surface area (Å²) in [5.74, 6) is 0.134. The molecule has 0 spiro atoms. The monoisotopic (exact) mass is 287 g/mol. The Morgan fingerprint density at radius 3 is 2.55 bits per heavy atom. The van der Waals surface area contributed by atoms with Gasteiger partial charge in [0, 0.05) is 0 Å². The SMILES string of the molecule is Cc1ccc(S(=O)(=O)/C(C#N)=C/[C@@H]2CC=CCC2)cc1. The number of sulfone groups is 1. The Balaban J connectivity index is 2.35. The van der Waals surface area contributed by atoms with Crippen molar-refractivity contribution in [1.29, 1.82) is 5.26 Å². The predicted octanol–water partition coefficient (Wildman–Crippen LogP) is 3.53. The van der Waals surface area contributed by atoms with Crippen LogP contribution in [0.5, 0.6) is 0 Å². The summed E-state index contributed by atoms with van der Waals surface area (Å²) in [6.07, 6.45) is 8.37. The van der Waals surface area contributed by atoms with Gasteiger partial charge >= 0.3 is 0 Å². The van der Waals surface area contributed by atoms with Gasteiger partial charge in [-0.25, -0.2) is 8.42 Å². The fraction of sp³-hybridized carbons (Fsp3) is 0.312. The van der Waals surface area contributed by atoms with E-state index in [0.717, 1.165) is 24.8 Å². The highest BCUT2D eigenvalue weighted by molar-refractivity contribution is 7.95. The van der Waals surface area contributed by atoms with Crippen LogP contribution in [-0.4, -0.2) is 8.42 Å². The van der Waals surface area contributed by atoms with E-state index in [1.807, 2.05) is 19.1 Å². The zero-order valence-electron chi connectivity index (χ0n) is 11.4. The molecule has 1 aromatic rings. The molecule has 0 bridgehead atoms. The van der Waals surface area contributed by atoms with Crippen LogP contribution >= 0.6 is 0 Å². The van der Waals surface area contributed by atoms with Crippen molar-refractivity contribution in [3.63, 3.8) is 0 Å². The molecule has 1 atom stereocenters. The van der Waals surface area contributed by atoms with E-state index in [-0.39, 0.29) is 15.7 Å². The average Bonchev–Trinajstić information content (AvgIpc) is 2.46. The van der Waals surface area contributed by atoms with Crippen LogP contribution in [0.15, 0.2) is 52.3 Å². The minimum Gasteiger partial charge on any atom is -0.218 e. The molecular weight excluding hydrogens is 270 g/mol. The second-order valence-electron chi connectivity index (χ2n) is 5.00. The number of rotatable bonds is 3. The summed E-state index contributed by atoms with van der Waals surface area (Å²) >= 11 is 0. The van der Waals surface area contributed by atoms with Crippen molar-refractivity contribution in [3.05, 3.63) is 53.0 Å². The lowest BCUT2D eigenvalue weighted by atomic mass is 9.94. The average molecular weight is 287 g/mol. The van der Waals surface area contributed by atoms with Gasteiger partial charge in [0.05, 0.1) is 4.90 Å². The smallest absolute Gasteiger partial charge is 0.216 e. The first-order valence-electron chi connectivity index (χ1n) is 6.62. The molecule has 0 aliphatic heterocycles. The van der Waals surface area contributed by atoms with Gasteiger partial charge in [0.25, 0.3) is 0 Å². The number of benzene rings is 1. The zero-order valence-corrected chi connectivity index (χ0v) is 12.2. The molecule has 0 saturated carbocycles. The Hall–Kier alpha value is -1.86. The maximum absolute atomic E-state index is 12.4. The third-order valence-corrected chi connectivity index (χ3v) is 5.13. The number of nitrogens with zero attached hydrogens (tertiary/aromatic N) is 1. The van der Waals surface area contributed by atoms with E-state index in [9.17, 15) is 13.7 Å². The van der Waals surface area contributed by atoms with E-state index < -0.39 is 9.84 Å². The summed E-state index contributed by atoms with van der Waals surface area (Å²) in [7, 11) is -3.69. The number of hydrogen-bond acceptors (Lipinski definition) is 3. The summed E-state index contributed by atoms with van der Waals surface area (Å²) in [5.41, 5.74) is 0.990. The van der Waals surface area contributed by atoms with E-state index in [1.165, 1.54) is 0 Å². The molecule has 0 aromatic heterocycles. The molecule has 0 radical (unpaired) electrons. The Bertz CT molecular complexity index is 676. The molecule has 20 heavy (non-hydrogen) atoms. The number of aryl methyl sites for hydroxylation is 1. The molecule has 0 fully saturated rings. The quantitative estimate of drug-likeness (QED) is 0.631. The topological polar surface area (TPSA) is 57.9 Å². The maximum Gasteiger partial charge on any atom is 0.216 e. The zero-order chi connectivity index (χ0) is 14.6. The van der Waals surface area contributed by atoms with Crippen molar-refractivity contribution in [2.45, 2.75) is 31.1 Å². The van der Waals surface area contributed by atoms with Crippen LogP contribution in [0.3, 0.4) is 0 Å². The van der Waals surface area contributed by atoms with Crippen molar-refractivity contribution in [3.8, 4) is 6.07 Å². The molecule has 1 aliphatic carbocycles. The molecule has 0 heterocycles. The number of allylic oxidation sites excluding steroid dienone is 4. The van der Waals surface area contributed by atoms with Gasteiger partial charge < -0.3 is 0 Å². The summed E-state index contributed by atoms with van der Waals surface area (Å²) in [4.78, 5) is 0.0453. The molecule has 3 nitrogen and oxygen atoms in total. The third-order valence-electron chi connectivity index (χ3n) is 3.43. The van der Waals surface area contributed by atoms with E-state index in [1.54, 1.807) is 30.3 Å². The lowest BCUT2D eigenvalue weighted by Gasteiger charge is -2.14. The third kappa shape index (κ3) is 3.17. The van der Waals surface area contributed by atoms with Gasteiger partial charge in [-0.1, -0.05) is 35.9 Å². The van der Waals surface area contributed by atoms with Crippen LogP contribution < -0.4 is 0 Å². The summed E-state index contributed by atoms with van der Waals surface area (Å²) < 4.78 is 24.9. The maximum atomic E-state index is 12.4. The minimum absolute atomic E-state index is 0.134. The highest BCUT2D eigenvalue weighted by atomic mass is 32.2. The standard InChI is InChI=1S/C16H17NO2S/c1-13-7-9-15(10-8-13)20(18,19)16(12-17)11-14-5-3-2-4-6-14/h2-3,7-11,14H,4-6H2,1H3/b16-11+/t14-/m1/s1. The van der Waals surface area contributed by atoms with Gasteiger partial charge in [-0.15, -0.1) is 0 Å². The predicted molar refractivity (Wildman–Crippen MR) is 78.5 cm³/mol. The first-order chi connectivity index (χ1) is 9.54. The molecule has 0 amide bonds. The van der Waals surface area contributed by atoms with Crippen LogP contribution in [0.4, 0.5) is 0 Å². The van der Waals surface area contributed by atoms with Crippen LogP contribution in [0, 0.1) is 24.2 Å². The molecule has 1 aliphatic rings. The van der Waals surface area contributed by atoms with Gasteiger partial charge in [0.15, 0.2) is 0 Å². The number of nitriles is 1. The van der Waals surface area contributed by atoms with Gasteiger partial charge in [-0.05, 0) is 44.2 Å². The minimum atomic E-state index is -3.69. The molecule has 1 aromatic carbocycles. The first kappa shape index (κ1) is 14.5. The molecule has 2 rings (SSSR count). The van der Waals surface area contributed by atoms with E-state index >= 15 is 0 Å². The van der Waals surface area contributed by atoms with Crippen LogP contribution in [-0.2, 0) is 9.84 Å². The van der Waals surface area contributed by atoms with Crippen molar-refractivity contribution in [2.75, 3.05) is 0 Å². The van der Waals surface area contributed by atoms with Crippen molar-refractivity contribution >= 4 is 9.84 Å². The van der Waals surface area contributed by atoms with Gasteiger partial charge in [0.2, 0.25) is 9.84 Å². The highest BCUT2D eigenvalue weighted by Gasteiger charge is 2.22. The fourth-order valence-electron chi connectivity index (χ4n) is 2.21. The van der Waals surface area contributed by atoms with Gasteiger partial charge in [0.1, 0.15) is 11.0 Å². The van der Waals surface area contributed by atoms with E-state index in [2.05, 4.69) is 6.08 Å². The highest BCUT2D eigenvalue weighted by Crippen LogP contribution is 2.25. The Morgan fingerprint density at radius 2 is 2.00 bits per heavy atom. The summed E-state index contributed by atoms with van der Waals surface area (Å²) in [6, 6.07) is 8.44. The summed E-state index contributed by atoms with van der Waals surface area (Å²) in [5, 5.41) is 9.19. The van der Waals surface area contributed by atoms with Crippen LogP contribution in [0.1, 0.15) is 24.8 Å². The lowest BCUT2D eigenvalue weighted by molar-refractivity contribution is 0.579. The molecule has 0 saturated heterocycles. The second-order valence-corrected chi connectivity index (χ2v) is 6.92. The van der Waals surface area contributed by atoms with Crippen LogP contribution in [0.25, 0.3) is 0 Å². The molecule has 104 valence electrons. The van der Waals surface area contributed by atoms with Crippen molar-refractivity contribution < 1.29 is 8.42 Å². The Morgan fingerprint density at radius 1 is 1.30 bits per heavy atom. The van der Waals surface area contributed by atoms with Gasteiger partial charge in [-0.2, -0.15) is 5.26 Å². The van der Waals surface area contributed by atoms with Crippen LogP contribution in [0.2, 0.25) is 0 Å². The Labute approximate surface area is 120 Å². The van der Waals surface area contributed by atoms with Gasteiger partial charge in [-0.3, -0.25) is 0 Å². The molecular formula is C16H17NO2S. The second kappa shape index (κ2) is 6.06. The molecule has 0 N–H and O–H groups in total. The largest absolute Gasteiger partial charge is 0.218 e. The Kier molecular flexibility index (Phi) is 4.41. The molecule has 0 unspecified atom stereocenters. The first-order valence-corrected chi connectivity index (χ1v) is 8.11. The van der Waals surface area contributed by atoms with E-state index in [4.69, 9.17) is 0 Å². The van der Waals surface area contributed by atoms with Crippen molar-refractivity contribution in [2.24, 2.45) is 5.92 Å². The van der Waals surface area contributed by atoms with Crippen molar-refractivity contribution in [1.82, 2.24) is 0 Å². The van der Waals surface area contributed by atoms with E-state index in [0.29, 0.717) is 0 Å². The fourth-order valence-corrected chi connectivity index (χ4v) is 3.45.